The van der Waals surface area contributed by atoms with Crippen LogP contribution in [0.15, 0.2) is 0 Å². The van der Waals surface area contributed by atoms with Crippen molar-refractivity contribution in [1.82, 2.24) is 0 Å². The molecule has 0 atom stereocenters. The molecule has 2 heteroatoms. The quantitative estimate of drug-likeness (QED) is 0.130. The van der Waals surface area contributed by atoms with Crippen LogP contribution in [0.25, 0.3) is 0 Å². The van der Waals surface area contributed by atoms with Gasteiger partial charge in [0.15, 0.2) is 0 Å². The van der Waals surface area contributed by atoms with Crippen LogP contribution in [0, 0.1) is 0 Å². The normalized spacial score (nSPS) is 11.6. The Bertz CT molecular complexity index is 278. The van der Waals surface area contributed by atoms with Crippen molar-refractivity contribution in [3.8, 4) is 0 Å². The summed E-state index contributed by atoms with van der Waals surface area (Å²) < 4.78 is 24.0. The molecule has 0 aromatic heterocycles. The van der Waals surface area contributed by atoms with E-state index in [0.717, 1.165) is 12.8 Å². The molecule has 0 aromatic rings. The van der Waals surface area contributed by atoms with Gasteiger partial charge in [0.25, 0.3) is 0 Å². The lowest BCUT2D eigenvalue weighted by atomic mass is 10.0. The fourth-order valence-corrected chi connectivity index (χ4v) is 4.26. The molecule has 0 aliphatic carbocycles. The highest BCUT2D eigenvalue weighted by Gasteiger charge is 2.01. The van der Waals surface area contributed by atoms with Crippen LogP contribution in [0.4, 0.5) is 8.78 Å². The van der Waals surface area contributed by atoms with E-state index in [9.17, 15) is 8.78 Å². The number of halogens is 2. The maximum Gasteiger partial charge on any atom is 0.238 e. The zero-order valence-electron chi connectivity index (χ0n) is 20.0. The summed E-state index contributed by atoms with van der Waals surface area (Å²) in [5, 5.41) is 0. The van der Waals surface area contributed by atoms with Crippen LogP contribution >= 0.6 is 0 Å². The topological polar surface area (TPSA) is 0 Å². The van der Waals surface area contributed by atoms with Crippen LogP contribution in [-0.2, 0) is 0 Å². The molecule has 0 amide bonds. The van der Waals surface area contributed by atoms with Crippen LogP contribution in [0.5, 0.6) is 0 Å². The summed E-state index contributed by atoms with van der Waals surface area (Å²) in [5.74, 6) is 0. The van der Waals surface area contributed by atoms with E-state index in [2.05, 4.69) is 6.92 Å². The molecule has 29 heavy (non-hydrogen) atoms. The van der Waals surface area contributed by atoms with Crippen molar-refractivity contribution in [3.63, 3.8) is 0 Å². The third-order valence-corrected chi connectivity index (χ3v) is 6.28. The van der Waals surface area contributed by atoms with Crippen molar-refractivity contribution in [3.05, 3.63) is 0 Å². The molecule has 0 aliphatic heterocycles. The maximum absolute atomic E-state index is 12.0. The van der Waals surface area contributed by atoms with Gasteiger partial charge in [-0.15, -0.1) is 0 Å². The second-order valence-electron chi connectivity index (χ2n) is 9.31. The molecule has 0 saturated heterocycles. The molecule has 0 aliphatic rings. The molecule has 0 nitrogen and oxygen atoms in total. The SMILES string of the molecule is CCCCCCCCCCCCCCCCCCCCCCCCCCC(F)F. The van der Waals surface area contributed by atoms with E-state index >= 15 is 0 Å². The molecule has 0 heterocycles. The molecule has 0 saturated carbocycles. The van der Waals surface area contributed by atoms with Gasteiger partial charge in [-0.05, 0) is 6.42 Å². The van der Waals surface area contributed by atoms with E-state index in [1.165, 1.54) is 135 Å². The molecule has 0 radical (unpaired) electrons. The molecule has 0 unspecified atom stereocenters. The van der Waals surface area contributed by atoms with Crippen LogP contribution in [0.1, 0.15) is 167 Å². The third-order valence-electron chi connectivity index (χ3n) is 6.28. The predicted octanol–water partition coefficient (Wildman–Crippen LogP) is 11.0. The van der Waals surface area contributed by atoms with Gasteiger partial charge in [-0.25, -0.2) is 8.78 Å². The first-order valence-electron chi connectivity index (χ1n) is 13.6. The fraction of sp³-hybridized carbons (Fsp3) is 1.00. The van der Waals surface area contributed by atoms with Crippen LogP contribution in [-0.4, -0.2) is 6.43 Å². The Hall–Kier alpha value is -0.140. The Balaban J connectivity index is 2.98. The van der Waals surface area contributed by atoms with Gasteiger partial charge < -0.3 is 0 Å². The average Bonchev–Trinajstić information content (AvgIpc) is 2.71. The molecule has 0 N–H and O–H groups in total. The first-order chi connectivity index (χ1) is 14.3. The fourth-order valence-electron chi connectivity index (χ4n) is 4.26. The van der Waals surface area contributed by atoms with Gasteiger partial charge in [-0.2, -0.15) is 0 Å². The molecular formula is C27H54F2. The Morgan fingerprint density at radius 3 is 0.759 bits per heavy atom. The smallest absolute Gasteiger partial charge is 0.211 e. The second-order valence-corrected chi connectivity index (χ2v) is 9.31. The first kappa shape index (κ1) is 28.9. The Morgan fingerprint density at radius 2 is 0.552 bits per heavy atom. The monoisotopic (exact) mass is 416 g/mol. The van der Waals surface area contributed by atoms with Gasteiger partial charge in [0.1, 0.15) is 0 Å². The van der Waals surface area contributed by atoms with Crippen molar-refractivity contribution < 1.29 is 8.78 Å². The summed E-state index contributed by atoms with van der Waals surface area (Å²) in [6.07, 6.45) is 30.5. The van der Waals surface area contributed by atoms with Gasteiger partial charge in [-0.3, -0.25) is 0 Å². The summed E-state index contributed by atoms with van der Waals surface area (Å²) >= 11 is 0. The predicted molar refractivity (Wildman–Crippen MR) is 127 cm³/mol. The van der Waals surface area contributed by atoms with E-state index in [4.69, 9.17) is 0 Å². The lowest BCUT2D eigenvalue weighted by Crippen LogP contribution is -1.89. The van der Waals surface area contributed by atoms with E-state index in [0.29, 0.717) is 6.42 Å². The summed E-state index contributed by atoms with van der Waals surface area (Å²) in [4.78, 5) is 0. The standard InChI is InChI=1S/C27H54F2/c1-2-3-4-5-6-7-8-9-10-11-12-13-14-15-16-17-18-19-20-21-22-23-24-25-26-27(28)29/h27H,2-26H2,1H3. The van der Waals surface area contributed by atoms with Crippen molar-refractivity contribution in [1.29, 1.82) is 0 Å². The number of alkyl halides is 2. The summed E-state index contributed by atoms with van der Waals surface area (Å²) in [6.45, 7) is 2.29. The lowest BCUT2D eigenvalue weighted by Gasteiger charge is -2.04. The molecule has 0 rings (SSSR count). The summed E-state index contributed by atoms with van der Waals surface area (Å²) in [5.41, 5.74) is 0. The van der Waals surface area contributed by atoms with E-state index in [1.54, 1.807) is 0 Å². The highest BCUT2D eigenvalue weighted by Crippen LogP contribution is 2.16. The minimum atomic E-state index is -2.10. The third kappa shape index (κ3) is 27.9. The number of unbranched alkanes of at least 4 members (excludes halogenated alkanes) is 23. The summed E-state index contributed by atoms with van der Waals surface area (Å²) in [6, 6.07) is 0. The Morgan fingerprint density at radius 1 is 0.345 bits per heavy atom. The van der Waals surface area contributed by atoms with Gasteiger partial charge in [0, 0.05) is 6.42 Å². The lowest BCUT2D eigenvalue weighted by molar-refractivity contribution is 0.133. The second kappa shape index (κ2) is 25.9. The van der Waals surface area contributed by atoms with Crippen LogP contribution in [0.3, 0.4) is 0 Å². The van der Waals surface area contributed by atoms with Gasteiger partial charge >= 0.3 is 0 Å². The summed E-state index contributed by atoms with van der Waals surface area (Å²) in [7, 11) is 0. The van der Waals surface area contributed by atoms with E-state index in [1.807, 2.05) is 0 Å². The van der Waals surface area contributed by atoms with Crippen LogP contribution < -0.4 is 0 Å². The number of rotatable bonds is 25. The highest BCUT2D eigenvalue weighted by atomic mass is 19.3. The van der Waals surface area contributed by atoms with Gasteiger partial charge in [0.2, 0.25) is 6.43 Å². The van der Waals surface area contributed by atoms with Crippen molar-refractivity contribution in [2.45, 2.75) is 174 Å². The molecule has 0 aromatic carbocycles. The van der Waals surface area contributed by atoms with Gasteiger partial charge in [-0.1, -0.05) is 155 Å². The molecule has 0 bridgehead atoms. The van der Waals surface area contributed by atoms with Gasteiger partial charge in [0.05, 0.1) is 0 Å². The van der Waals surface area contributed by atoms with E-state index in [-0.39, 0.29) is 6.42 Å². The van der Waals surface area contributed by atoms with Crippen molar-refractivity contribution >= 4 is 0 Å². The zero-order valence-corrected chi connectivity index (χ0v) is 20.0. The molecule has 0 spiro atoms. The Labute approximate surface area is 183 Å². The van der Waals surface area contributed by atoms with Crippen LogP contribution in [0.2, 0.25) is 0 Å². The van der Waals surface area contributed by atoms with E-state index < -0.39 is 6.43 Å². The van der Waals surface area contributed by atoms with Crippen molar-refractivity contribution in [2.75, 3.05) is 0 Å². The number of hydrogen-bond donors (Lipinski definition) is 0. The Kier molecular flexibility index (Phi) is 25.8. The number of hydrogen-bond acceptors (Lipinski definition) is 0. The average molecular weight is 417 g/mol. The maximum atomic E-state index is 12.0. The molecular weight excluding hydrogens is 362 g/mol. The minimum Gasteiger partial charge on any atom is -0.211 e. The first-order valence-corrected chi connectivity index (χ1v) is 13.6. The molecule has 176 valence electrons. The highest BCUT2D eigenvalue weighted by molar-refractivity contribution is 4.52. The minimum absolute atomic E-state index is 0.0965. The zero-order chi connectivity index (χ0) is 21.3. The largest absolute Gasteiger partial charge is 0.238 e. The molecule has 0 fully saturated rings. The van der Waals surface area contributed by atoms with Crippen molar-refractivity contribution in [2.24, 2.45) is 0 Å².